The summed E-state index contributed by atoms with van der Waals surface area (Å²) in [5.74, 6) is 0.331. The molecule has 3 heteroatoms. The minimum atomic E-state index is 0.0934. The lowest BCUT2D eigenvalue weighted by Crippen LogP contribution is -2.33. The van der Waals surface area contributed by atoms with Crippen LogP contribution in [0.5, 0.6) is 0 Å². The fraction of sp³-hybridized carbons (Fsp3) is 0.250. The third-order valence-corrected chi connectivity index (χ3v) is 6.52. The molecule has 1 atom stereocenters. The third-order valence-electron chi connectivity index (χ3n) is 5.34. The van der Waals surface area contributed by atoms with Gasteiger partial charge in [0.05, 0.1) is 0 Å². The summed E-state index contributed by atoms with van der Waals surface area (Å²) in [4.78, 5) is 2.67. The van der Waals surface area contributed by atoms with Crippen LogP contribution in [0.25, 0.3) is 0 Å². The van der Waals surface area contributed by atoms with Crippen LogP contribution in [0.1, 0.15) is 36.0 Å². The fourth-order valence-electron chi connectivity index (χ4n) is 3.86. The van der Waals surface area contributed by atoms with Gasteiger partial charge in [0, 0.05) is 28.3 Å². The van der Waals surface area contributed by atoms with Gasteiger partial charge in [0.2, 0.25) is 0 Å². The van der Waals surface area contributed by atoms with E-state index in [2.05, 4.69) is 79.7 Å². The molecule has 0 aliphatic carbocycles. The molecule has 2 nitrogen and oxygen atoms in total. The summed E-state index contributed by atoms with van der Waals surface area (Å²) in [5.41, 5.74) is 4.02. The number of rotatable bonds is 6. The van der Waals surface area contributed by atoms with Crippen LogP contribution in [0.15, 0.2) is 88.7 Å². The highest BCUT2D eigenvalue weighted by Crippen LogP contribution is 2.46. The Morgan fingerprint density at radius 2 is 1.41 bits per heavy atom. The van der Waals surface area contributed by atoms with Crippen molar-refractivity contribution in [3.8, 4) is 0 Å². The van der Waals surface area contributed by atoms with Gasteiger partial charge in [-0.15, -0.1) is 0 Å². The Morgan fingerprint density at radius 3 is 2.04 bits per heavy atom. The Kier molecular flexibility index (Phi) is 5.63. The van der Waals surface area contributed by atoms with Gasteiger partial charge in [-0.2, -0.15) is 5.06 Å². The zero-order valence-corrected chi connectivity index (χ0v) is 16.4. The SMILES string of the molecule is CC(Cc1ccccc1)N(O)CCC1c2ccccc2Sc2ccccc21. The second-order valence-corrected chi connectivity index (χ2v) is 8.30. The van der Waals surface area contributed by atoms with Crippen molar-refractivity contribution < 1.29 is 5.21 Å². The van der Waals surface area contributed by atoms with Crippen molar-refractivity contribution in [2.24, 2.45) is 0 Å². The number of nitrogens with zero attached hydrogens (tertiary/aromatic N) is 1. The predicted octanol–water partition coefficient (Wildman–Crippen LogP) is 6.00. The van der Waals surface area contributed by atoms with Crippen LogP contribution in [-0.2, 0) is 6.42 Å². The molecule has 3 aromatic rings. The molecule has 0 saturated carbocycles. The molecular formula is C24H25NOS. The molecule has 1 N–H and O–H groups in total. The van der Waals surface area contributed by atoms with E-state index < -0.39 is 0 Å². The van der Waals surface area contributed by atoms with Crippen molar-refractivity contribution in [1.82, 2.24) is 5.06 Å². The van der Waals surface area contributed by atoms with Crippen molar-refractivity contribution in [3.05, 3.63) is 95.6 Å². The first-order chi connectivity index (χ1) is 13.2. The third kappa shape index (κ3) is 4.11. The number of hydroxylamine groups is 2. The summed E-state index contributed by atoms with van der Waals surface area (Å²) in [6.07, 6.45) is 1.76. The highest BCUT2D eigenvalue weighted by Gasteiger charge is 2.26. The van der Waals surface area contributed by atoms with Gasteiger partial charge < -0.3 is 5.21 Å². The molecule has 1 aliphatic rings. The molecule has 4 rings (SSSR count). The maximum atomic E-state index is 10.6. The molecule has 0 spiro atoms. The van der Waals surface area contributed by atoms with Gasteiger partial charge in [-0.1, -0.05) is 78.5 Å². The Bertz CT molecular complexity index is 850. The van der Waals surface area contributed by atoms with Crippen molar-refractivity contribution in [2.75, 3.05) is 6.54 Å². The summed E-state index contributed by atoms with van der Waals surface area (Å²) >= 11 is 1.85. The topological polar surface area (TPSA) is 23.5 Å². The lowest BCUT2D eigenvalue weighted by Gasteiger charge is -2.30. The van der Waals surface area contributed by atoms with Gasteiger partial charge in [-0.3, -0.25) is 0 Å². The number of hydrogen-bond donors (Lipinski definition) is 1. The molecular weight excluding hydrogens is 350 g/mol. The van der Waals surface area contributed by atoms with E-state index in [4.69, 9.17) is 0 Å². The van der Waals surface area contributed by atoms with Crippen LogP contribution in [0.3, 0.4) is 0 Å². The van der Waals surface area contributed by atoms with Crippen LogP contribution >= 0.6 is 11.8 Å². The maximum Gasteiger partial charge on any atom is 0.0362 e. The van der Waals surface area contributed by atoms with Crippen molar-refractivity contribution in [1.29, 1.82) is 0 Å². The molecule has 1 unspecified atom stereocenters. The van der Waals surface area contributed by atoms with E-state index in [0.29, 0.717) is 12.5 Å². The Morgan fingerprint density at radius 1 is 0.852 bits per heavy atom. The van der Waals surface area contributed by atoms with Crippen LogP contribution in [0.2, 0.25) is 0 Å². The summed E-state index contributed by atoms with van der Waals surface area (Å²) in [5, 5.41) is 12.1. The Hall–Kier alpha value is -2.07. The molecule has 0 fully saturated rings. The average Bonchev–Trinajstić information content (AvgIpc) is 2.71. The lowest BCUT2D eigenvalue weighted by atomic mass is 9.88. The largest absolute Gasteiger partial charge is 0.314 e. The molecule has 27 heavy (non-hydrogen) atoms. The van der Waals surface area contributed by atoms with Crippen LogP contribution in [0.4, 0.5) is 0 Å². The molecule has 1 aliphatic heterocycles. The first kappa shape index (κ1) is 18.3. The highest BCUT2D eigenvalue weighted by atomic mass is 32.2. The fourth-order valence-corrected chi connectivity index (χ4v) is 5.05. The number of hydrogen-bond acceptors (Lipinski definition) is 3. The van der Waals surface area contributed by atoms with Gasteiger partial charge in [0.1, 0.15) is 0 Å². The van der Waals surface area contributed by atoms with Gasteiger partial charge in [-0.05, 0) is 48.6 Å². The summed E-state index contributed by atoms with van der Waals surface area (Å²) in [6, 6.07) is 27.8. The predicted molar refractivity (Wildman–Crippen MR) is 112 cm³/mol. The Balaban J connectivity index is 1.48. The van der Waals surface area contributed by atoms with E-state index in [9.17, 15) is 5.21 Å². The number of fused-ring (bicyclic) bond motifs is 2. The highest BCUT2D eigenvalue weighted by molar-refractivity contribution is 7.99. The van der Waals surface area contributed by atoms with Crippen LogP contribution in [0, 0.1) is 0 Å². The second kappa shape index (κ2) is 8.30. The smallest absolute Gasteiger partial charge is 0.0362 e. The Labute approximate surface area is 165 Å². The molecule has 0 radical (unpaired) electrons. The first-order valence-electron chi connectivity index (χ1n) is 9.57. The second-order valence-electron chi connectivity index (χ2n) is 7.22. The standard InChI is InChI=1S/C24H25NOS/c1-18(17-19-9-3-2-4-10-19)25(26)16-15-20-21-11-5-7-13-23(21)27-24-14-8-6-12-22(20)24/h2-14,18,20,26H,15-17H2,1H3. The molecule has 1 heterocycles. The number of benzene rings is 3. The molecule has 3 aromatic carbocycles. The normalized spacial score (nSPS) is 14.6. The summed E-state index contributed by atoms with van der Waals surface area (Å²) in [6.45, 7) is 2.75. The lowest BCUT2D eigenvalue weighted by molar-refractivity contribution is -0.122. The molecule has 0 bridgehead atoms. The van der Waals surface area contributed by atoms with E-state index in [1.807, 2.05) is 17.8 Å². The van der Waals surface area contributed by atoms with Gasteiger partial charge in [-0.25, -0.2) is 0 Å². The van der Waals surface area contributed by atoms with E-state index in [1.165, 1.54) is 31.5 Å². The van der Waals surface area contributed by atoms with Gasteiger partial charge >= 0.3 is 0 Å². The molecule has 0 saturated heterocycles. The summed E-state index contributed by atoms with van der Waals surface area (Å²) in [7, 11) is 0. The average molecular weight is 376 g/mol. The molecule has 0 aromatic heterocycles. The quantitative estimate of drug-likeness (QED) is 0.535. The summed E-state index contributed by atoms with van der Waals surface area (Å²) < 4.78 is 0. The van der Waals surface area contributed by atoms with Crippen LogP contribution in [-0.4, -0.2) is 22.9 Å². The van der Waals surface area contributed by atoms with Crippen molar-refractivity contribution in [3.63, 3.8) is 0 Å². The monoisotopic (exact) mass is 375 g/mol. The van der Waals surface area contributed by atoms with E-state index in [1.54, 1.807) is 0 Å². The van der Waals surface area contributed by atoms with E-state index >= 15 is 0 Å². The van der Waals surface area contributed by atoms with Crippen molar-refractivity contribution >= 4 is 11.8 Å². The maximum absolute atomic E-state index is 10.6. The van der Waals surface area contributed by atoms with Gasteiger partial charge in [0.15, 0.2) is 0 Å². The minimum Gasteiger partial charge on any atom is -0.314 e. The zero-order chi connectivity index (χ0) is 18.6. The van der Waals surface area contributed by atoms with E-state index in [0.717, 1.165) is 12.8 Å². The van der Waals surface area contributed by atoms with Gasteiger partial charge in [0.25, 0.3) is 0 Å². The first-order valence-corrected chi connectivity index (χ1v) is 10.4. The minimum absolute atomic E-state index is 0.0934. The zero-order valence-electron chi connectivity index (χ0n) is 15.6. The van der Waals surface area contributed by atoms with Crippen LogP contribution < -0.4 is 0 Å². The van der Waals surface area contributed by atoms with E-state index in [-0.39, 0.29) is 6.04 Å². The molecule has 138 valence electrons. The molecule has 0 amide bonds. The van der Waals surface area contributed by atoms with Crippen molar-refractivity contribution in [2.45, 2.75) is 41.5 Å².